The van der Waals surface area contributed by atoms with Crippen LogP contribution in [0.2, 0.25) is 0 Å². The highest BCUT2D eigenvalue weighted by molar-refractivity contribution is 7.18. The molecule has 2 N–H and O–H groups in total. The first-order valence-electron chi connectivity index (χ1n) is 11.4. The molecular formula is C25H29FN4O4S. The average Bonchev–Trinajstić information content (AvgIpc) is 3.30. The second-order valence-corrected chi connectivity index (χ2v) is 8.99. The van der Waals surface area contributed by atoms with Gasteiger partial charge in [-0.1, -0.05) is 36.8 Å². The number of halogens is 1. The zero-order valence-corrected chi connectivity index (χ0v) is 20.8. The Bertz CT molecular complexity index is 1160. The van der Waals surface area contributed by atoms with Gasteiger partial charge in [-0.15, -0.1) is 10.2 Å². The largest absolute Gasteiger partial charge is 0.492 e. The lowest BCUT2D eigenvalue weighted by molar-refractivity contribution is -0.135. The Kier molecular flexibility index (Phi) is 9.27. The second kappa shape index (κ2) is 12.4. The van der Waals surface area contributed by atoms with Gasteiger partial charge in [-0.25, -0.2) is 4.39 Å². The molecule has 0 spiro atoms. The number of carboxylic acids is 1. The number of rotatable bonds is 12. The minimum atomic E-state index is -0.915. The number of carbonyl (C=O) groups is 2. The second-order valence-electron chi connectivity index (χ2n) is 8.04. The normalized spacial score (nSPS) is 10.9. The molecule has 0 atom stereocenters. The lowest BCUT2D eigenvalue weighted by Gasteiger charge is -2.19. The molecule has 2 aromatic carbocycles. The molecule has 8 nitrogen and oxygen atoms in total. The van der Waals surface area contributed by atoms with Gasteiger partial charge >= 0.3 is 5.97 Å². The third-order valence-corrected chi connectivity index (χ3v) is 6.23. The predicted molar refractivity (Wildman–Crippen MR) is 134 cm³/mol. The number of carboxylic acid groups (broad SMARTS) is 1. The Morgan fingerprint density at radius 1 is 1.17 bits per heavy atom. The number of hydrogen-bond donors (Lipinski definition) is 2. The number of ether oxygens (including phenoxy) is 1. The Labute approximate surface area is 207 Å². The van der Waals surface area contributed by atoms with E-state index in [9.17, 15) is 14.0 Å². The quantitative estimate of drug-likeness (QED) is 0.354. The number of aliphatic carboxylic acids is 1. The summed E-state index contributed by atoms with van der Waals surface area (Å²) in [5.41, 5.74) is 2.65. The van der Waals surface area contributed by atoms with E-state index in [0.717, 1.165) is 35.3 Å². The fourth-order valence-electron chi connectivity index (χ4n) is 3.54. The number of aromatic nitrogens is 2. The van der Waals surface area contributed by atoms with E-state index < -0.39 is 17.7 Å². The van der Waals surface area contributed by atoms with Crippen LogP contribution in [0.15, 0.2) is 36.4 Å². The van der Waals surface area contributed by atoms with Gasteiger partial charge in [0, 0.05) is 18.7 Å². The molecule has 1 heterocycles. The Hall–Kier alpha value is -3.37. The summed E-state index contributed by atoms with van der Waals surface area (Å²) < 4.78 is 20.1. The first-order valence-corrected chi connectivity index (χ1v) is 12.2. The van der Waals surface area contributed by atoms with E-state index in [4.69, 9.17) is 9.84 Å². The monoisotopic (exact) mass is 500 g/mol. The minimum Gasteiger partial charge on any atom is -0.492 e. The lowest BCUT2D eigenvalue weighted by Crippen LogP contribution is -2.32. The van der Waals surface area contributed by atoms with Crippen LogP contribution < -0.4 is 15.0 Å². The third-order valence-electron chi connectivity index (χ3n) is 5.24. The van der Waals surface area contributed by atoms with E-state index in [1.54, 1.807) is 12.1 Å². The summed E-state index contributed by atoms with van der Waals surface area (Å²) in [5, 5.41) is 21.1. The molecule has 0 radical (unpaired) electrons. The van der Waals surface area contributed by atoms with Crippen LogP contribution in [0.1, 0.15) is 41.3 Å². The van der Waals surface area contributed by atoms with Crippen LogP contribution in [0.3, 0.4) is 0 Å². The van der Waals surface area contributed by atoms with Crippen LogP contribution in [0.5, 0.6) is 5.75 Å². The molecule has 3 rings (SSSR count). The van der Waals surface area contributed by atoms with Crippen molar-refractivity contribution in [2.75, 3.05) is 31.1 Å². The predicted octanol–water partition coefficient (Wildman–Crippen LogP) is 4.46. The number of amides is 1. The average molecular weight is 501 g/mol. The molecule has 0 aliphatic rings. The zero-order chi connectivity index (χ0) is 25.4. The summed E-state index contributed by atoms with van der Waals surface area (Å²) in [6.45, 7) is 6.92. The Balaban J connectivity index is 1.79. The number of aryl methyl sites for hydroxylation is 2. The van der Waals surface area contributed by atoms with Gasteiger partial charge in [-0.2, -0.15) is 0 Å². The molecule has 0 aliphatic carbocycles. The van der Waals surface area contributed by atoms with Crippen molar-refractivity contribution >= 4 is 28.3 Å². The van der Waals surface area contributed by atoms with Gasteiger partial charge in [0.25, 0.3) is 5.91 Å². The fourth-order valence-corrected chi connectivity index (χ4v) is 4.40. The van der Waals surface area contributed by atoms with Crippen LogP contribution in [-0.4, -0.2) is 53.4 Å². The first-order chi connectivity index (χ1) is 16.8. The van der Waals surface area contributed by atoms with Gasteiger partial charge in [0.05, 0.1) is 12.1 Å². The van der Waals surface area contributed by atoms with E-state index in [-0.39, 0.29) is 12.1 Å². The van der Waals surface area contributed by atoms with Crippen molar-refractivity contribution in [1.82, 2.24) is 15.5 Å². The van der Waals surface area contributed by atoms with Gasteiger partial charge in [-0.3, -0.25) is 14.5 Å². The summed E-state index contributed by atoms with van der Waals surface area (Å²) >= 11 is 1.28. The van der Waals surface area contributed by atoms with Gasteiger partial charge < -0.3 is 15.2 Å². The number of nitrogens with one attached hydrogen (secondary N) is 1. The van der Waals surface area contributed by atoms with Gasteiger partial charge in [0.2, 0.25) is 5.13 Å². The minimum absolute atomic E-state index is 0.00591. The molecule has 0 aliphatic heterocycles. The van der Waals surface area contributed by atoms with E-state index >= 15 is 0 Å². The van der Waals surface area contributed by atoms with Gasteiger partial charge in [0.15, 0.2) is 0 Å². The van der Waals surface area contributed by atoms with Crippen molar-refractivity contribution in [3.05, 3.63) is 58.9 Å². The maximum atomic E-state index is 14.3. The van der Waals surface area contributed by atoms with Crippen LogP contribution in [0.25, 0.3) is 10.6 Å². The number of anilines is 1. The Morgan fingerprint density at radius 3 is 2.54 bits per heavy atom. The topological polar surface area (TPSA) is 105 Å². The van der Waals surface area contributed by atoms with Crippen LogP contribution >= 0.6 is 11.3 Å². The van der Waals surface area contributed by atoms with Crippen molar-refractivity contribution in [2.24, 2.45) is 0 Å². The van der Waals surface area contributed by atoms with Crippen molar-refractivity contribution in [3.63, 3.8) is 0 Å². The molecule has 0 saturated heterocycles. The van der Waals surface area contributed by atoms with Crippen LogP contribution in [0.4, 0.5) is 9.52 Å². The first kappa shape index (κ1) is 26.2. The highest BCUT2D eigenvalue weighted by Crippen LogP contribution is 2.34. The Morgan fingerprint density at radius 2 is 1.89 bits per heavy atom. The highest BCUT2D eigenvalue weighted by Gasteiger charge is 2.24. The number of unbranched alkanes of at least 4 members (excludes halogenated alkanes) is 1. The lowest BCUT2D eigenvalue weighted by atomic mass is 10.1. The van der Waals surface area contributed by atoms with E-state index in [2.05, 4.69) is 15.5 Å². The van der Waals surface area contributed by atoms with E-state index in [1.807, 2.05) is 32.9 Å². The van der Waals surface area contributed by atoms with Crippen LogP contribution in [0, 0.1) is 19.7 Å². The SMILES string of the molecule is CCCCN(C(=O)c1ccccc1F)c1nnc(-c2cc(C)c(OCCNCC(=O)O)c(C)c2)s1. The molecule has 3 aromatic rings. The molecule has 10 heteroatoms. The fraction of sp³-hybridized carbons (Fsp3) is 0.360. The molecule has 186 valence electrons. The number of carbonyl (C=O) groups excluding carboxylic acids is 1. The molecule has 0 fully saturated rings. The summed E-state index contributed by atoms with van der Waals surface area (Å²) in [6, 6.07) is 9.81. The van der Waals surface area contributed by atoms with Crippen molar-refractivity contribution in [1.29, 1.82) is 0 Å². The molecule has 0 unspecified atom stereocenters. The summed E-state index contributed by atoms with van der Waals surface area (Å²) in [6.07, 6.45) is 1.62. The molecule has 1 aromatic heterocycles. The smallest absolute Gasteiger partial charge is 0.317 e. The van der Waals surface area contributed by atoms with Crippen molar-refractivity contribution in [3.8, 4) is 16.3 Å². The van der Waals surface area contributed by atoms with Crippen LogP contribution in [-0.2, 0) is 4.79 Å². The zero-order valence-electron chi connectivity index (χ0n) is 20.0. The van der Waals surface area contributed by atoms with Crippen molar-refractivity contribution < 1.29 is 23.8 Å². The number of hydrogen-bond acceptors (Lipinski definition) is 7. The highest BCUT2D eigenvalue weighted by atomic mass is 32.1. The van der Waals surface area contributed by atoms with Gasteiger partial charge in [0.1, 0.15) is 23.2 Å². The summed E-state index contributed by atoms with van der Waals surface area (Å²) in [4.78, 5) is 25.2. The molecule has 0 bridgehead atoms. The van der Waals surface area contributed by atoms with E-state index in [0.29, 0.717) is 29.8 Å². The van der Waals surface area contributed by atoms with Crippen molar-refractivity contribution in [2.45, 2.75) is 33.6 Å². The van der Waals surface area contributed by atoms with Gasteiger partial charge in [-0.05, 0) is 55.7 Å². The number of benzene rings is 2. The summed E-state index contributed by atoms with van der Waals surface area (Å²) in [5.74, 6) is -1.19. The third kappa shape index (κ3) is 6.83. The molecule has 1 amide bonds. The number of nitrogens with zero attached hydrogens (tertiary/aromatic N) is 3. The van der Waals surface area contributed by atoms with E-state index in [1.165, 1.54) is 28.4 Å². The maximum Gasteiger partial charge on any atom is 0.317 e. The molecular weight excluding hydrogens is 471 g/mol. The standard InChI is InChI=1S/C25H29FN4O4S/c1-4-5-11-30(24(33)19-8-6-7-9-20(19)26)25-29-28-23(35-25)18-13-16(2)22(17(3)14-18)34-12-10-27-15-21(31)32/h6-9,13-14,27H,4-5,10-12,15H2,1-3H3,(H,31,32). The maximum absolute atomic E-state index is 14.3. The summed E-state index contributed by atoms with van der Waals surface area (Å²) in [7, 11) is 0. The molecule has 0 saturated carbocycles. The molecule has 35 heavy (non-hydrogen) atoms.